The number of aryl methyl sites for hydroxylation is 2. The highest BCUT2D eigenvalue weighted by Gasteiger charge is 2.40. The van der Waals surface area contributed by atoms with Gasteiger partial charge in [0.05, 0.1) is 30.7 Å². The predicted octanol–water partition coefficient (Wildman–Crippen LogP) is 1.70. The van der Waals surface area contributed by atoms with Gasteiger partial charge in [0.15, 0.2) is 0 Å². The van der Waals surface area contributed by atoms with Crippen molar-refractivity contribution in [1.82, 2.24) is 29.4 Å². The largest absolute Gasteiger partial charge is 0.383 e. The molecule has 0 aliphatic carbocycles. The van der Waals surface area contributed by atoms with E-state index in [4.69, 9.17) is 4.74 Å². The van der Waals surface area contributed by atoms with Crippen LogP contribution in [0.3, 0.4) is 0 Å². The van der Waals surface area contributed by atoms with Crippen molar-refractivity contribution in [3.05, 3.63) is 53.7 Å². The number of aromatic nitrogens is 4. The Morgan fingerprint density at radius 2 is 2.14 bits per heavy atom. The quantitative estimate of drug-likeness (QED) is 0.627. The molecule has 4 rings (SSSR count). The lowest BCUT2D eigenvalue weighted by molar-refractivity contribution is -0.129. The first-order valence-electron chi connectivity index (χ1n) is 9.97. The zero-order chi connectivity index (χ0) is 20.4. The van der Waals surface area contributed by atoms with E-state index >= 15 is 0 Å². The van der Waals surface area contributed by atoms with Crippen molar-refractivity contribution in [3.63, 3.8) is 0 Å². The molecule has 1 amide bonds. The molecule has 1 aliphatic heterocycles. The van der Waals surface area contributed by atoms with Crippen LogP contribution in [0.5, 0.6) is 0 Å². The summed E-state index contributed by atoms with van der Waals surface area (Å²) < 4.78 is 9.12. The third-order valence-corrected chi connectivity index (χ3v) is 5.58. The maximum Gasteiger partial charge on any atom is 0.223 e. The molecule has 154 valence electrons. The van der Waals surface area contributed by atoms with Gasteiger partial charge in [0, 0.05) is 64.1 Å². The summed E-state index contributed by atoms with van der Waals surface area (Å²) >= 11 is 0. The highest BCUT2D eigenvalue weighted by Crippen LogP contribution is 2.37. The highest BCUT2D eigenvalue weighted by atomic mass is 16.5. The number of methoxy groups -OCH3 is 1. The average Bonchev–Trinajstić information content (AvgIpc) is 3.38. The van der Waals surface area contributed by atoms with Gasteiger partial charge in [-0.2, -0.15) is 5.10 Å². The lowest BCUT2D eigenvalue weighted by Crippen LogP contribution is -2.33. The van der Waals surface area contributed by atoms with E-state index in [1.54, 1.807) is 11.8 Å². The number of imidazole rings is 1. The number of nitrogens with one attached hydrogen (secondary N) is 1. The van der Waals surface area contributed by atoms with Gasteiger partial charge in [0.25, 0.3) is 0 Å². The van der Waals surface area contributed by atoms with E-state index in [0.29, 0.717) is 26.1 Å². The van der Waals surface area contributed by atoms with Crippen LogP contribution in [-0.4, -0.2) is 56.8 Å². The fourth-order valence-electron chi connectivity index (χ4n) is 4.20. The van der Waals surface area contributed by atoms with Crippen LogP contribution in [-0.2, 0) is 23.1 Å². The van der Waals surface area contributed by atoms with Crippen LogP contribution >= 0.6 is 0 Å². The van der Waals surface area contributed by atoms with Crippen molar-refractivity contribution < 1.29 is 9.53 Å². The van der Waals surface area contributed by atoms with Gasteiger partial charge in [-0.15, -0.1) is 0 Å². The number of amides is 1. The summed E-state index contributed by atoms with van der Waals surface area (Å²) in [5.41, 5.74) is 4.33. The van der Waals surface area contributed by atoms with Gasteiger partial charge in [0.2, 0.25) is 5.91 Å². The molecule has 8 heteroatoms. The number of likely N-dealkylation sites (tertiary alicyclic amines) is 1. The predicted molar refractivity (Wildman–Crippen MR) is 109 cm³/mol. The number of pyridine rings is 1. The van der Waals surface area contributed by atoms with E-state index in [9.17, 15) is 4.79 Å². The molecule has 1 saturated heterocycles. The molecule has 3 aromatic rings. The smallest absolute Gasteiger partial charge is 0.223 e. The van der Waals surface area contributed by atoms with Gasteiger partial charge in [0.1, 0.15) is 5.65 Å². The molecule has 3 aromatic heterocycles. The van der Waals surface area contributed by atoms with Crippen molar-refractivity contribution in [2.75, 3.05) is 26.8 Å². The number of hydrogen-bond donors (Lipinski definition) is 1. The number of ether oxygens (including phenoxy) is 1. The molecule has 8 nitrogen and oxygen atoms in total. The number of rotatable bonds is 8. The summed E-state index contributed by atoms with van der Waals surface area (Å²) in [6, 6.07) is 4.11. The maximum absolute atomic E-state index is 12.7. The van der Waals surface area contributed by atoms with Crippen molar-refractivity contribution in [2.45, 2.75) is 25.9 Å². The van der Waals surface area contributed by atoms with Crippen molar-refractivity contribution in [2.24, 2.45) is 13.0 Å². The molecule has 29 heavy (non-hydrogen) atoms. The SMILES string of the molecule is COCCN1C(=O)C[C@@H](CNCc2cnc3ccc(C)cn23)[C@@H]1c1cnn(C)c1. The first-order valence-corrected chi connectivity index (χ1v) is 9.97. The summed E-state index contributed by atoms with van der Waals surface area (Å²) in [4.78, 5) is 19.1. The zero-order valence-corrected chi connectivity index (χ0v) is 17.2. The second-order valence-electron chi connectivity index (χ2n) is 7.75. The van der Waals surface area contributed by atoms with Gasteiger partial charge < -0.3 is 19.4 Å². The van der Waals surface area contributed by atoms with E-state index in [1.165, 1.54) is 5.56 Å². The second-order valence-corrected chi connectivity index (χ2v) is 7.75. The molecule has 0 radical (unpaired) electrons. The Morgan fingerprint density at radius 3 is 2.90 bits per heavy atom. The Bertz CT molecular complexity index is 994. The Labute approximate surface area is 170 Å². The molecule has 1 fully saturated rings. The molecular formula is C21H28N6O2. The van der Waals surface area contributed by atoms with E-state index in [0.717, 1.165) is 23.4 Å². The molecule has 0 saturated carbocycles. The van der Waals surface area contributed by atoms with Crippen LogP contribution in [0.1, 0.15) is 29.3 Å². The number of nitrogens with zero attached hydrogens (tertiary/aromatic N) is 5. The van der Waals surface area contributed by atoms with Crippen molar-refractivity contribution in [3.8, 4) is 0 Å². The number of hydrogen-bond acceptors (Lipinski definition) is 5. The highest BCUT2D eigenvalue weighted by molar-refractivity contribution is 5.79. The Morgan fingerprint density at radius 1 is 1.28 bits per heavy atom. The summed E-state index contributed by atoms with van der Waals surface area (Å²) in [5.74, 6) is 0.359. The van der Waals surface area contributed by atoms with Gasteiger partial charge in [-0.05, 0) is 18.6 Å². The van der Waals surface area contributed by atoms with Gasteiger partial charge in [-0.25, -0.2) is 4.98 Å². The van der Waals surface area contributed by atoms with E-state index < -0.39 is 0 Å². The second kappa shape index (κ2) is 8.34. The minimum atomic E-state index is 0.0169. The summed E-state index contributed by atoms with van der Waals surface area (Å²) in [6.07, 6.45) is 8.41. The van der Waals surface area contributed by atoms with Crippen LogP contribution in [0.25, 0.3) is 5.65 Å². The topological polar surface area (TPSA) is 76.7 Å². The standard InChI is InChI=1S/C21H28N6O2/c1-15-4-5-19-23-12-18(27(19)13-15)11-22-9-16-8-20(28)26(6-7-29-3)21(16)17-10-24-25(2)14-17/h4-5,10,12-14,16,21-22H,6-9,11H2,1-3H3/t16-,21+/m0/s1. The normalized spacial score (nSPS) is 19.6. The number of fused-ring (bicyclic) bond motifs is 1. The molecule has 0 bridgehead atoms. The fraction of sp³-hybridized carbons (Fsp3) is 0.476. The molecule has 0 aromatic carbocycles. The summed E-state index contributed by atoms with van der Waals surface area (Å²) in [6.45, 7) is 4.65. The first-order chi connectivity index (χ1) is 14.1. The Kier molecular flexibility index (Phi) is 5.64. The molecule has 1 N–H and O–H groups in total. The maximum atomic E-state index is 12.7. The van der Waals surface area contributed by atoms with Gasteiger partial charge >= 0.3 is 0 Å². The Balaban J connectivity index is 1.47. The van der Waals surface area contributed by atoms with Gasteiger partial charge in [-0.1, -0.05) is 6.07 Å². The Hall–Kier alpha value is -2.71. The minimum Gasteiger partial charge on any atom is -0.383 e. The third-order valence-electron chi connectivity index (χ3n) is 5.58. The molecule has 4 heterocycles. The van der Waals surface area contributed by atoms with Crippen LogP contribution in [0.4, 0.5) is 0 Å². The van der Waals surface area contributed by atoms with Crippen LogP contribution in [0, 0.1) is 12.8 Å². The lowest BCUT2D eigenvalue weighted by Gasteiger charge is -2.27. The van der Waals surface area contributed by atoms with Crippen molar-refractivity contribution >= 4 is 11.6 Å². The molecule has 0 unspecified atom stereocenters. The zero-order valence-electron chi connectivity index (χ0n) is 17.2. The number of carbonyl (C=O) groups excluding carboxylic acids is 1. The molecular weight excluding hydrogens is 368 g/mol. The molecule has 2 atom stereocenters. The lowest BCUT2D eigenvalue weighted by atomic mass is 9.95. The fourth-order valence-corrected chi connectivity index (χ4v) is 4.20. The van der Waals surface area contributed by atoms with Crippen molar-refractivity contribution in [1.29, 1.82) is 0 Å². The van der Waals surface area contributed by atoms with E-state index in [1.807, 2.05) is 36.6 Å². The average molecular weight is 396 g/mol. The summed E-state index contributed by atoms with van der Waals surface area (Å²) in [7, 11) is 3.57. The molecule has 0 spiro atoms. The molecule has 1 aliphatic rings. The van der Waals surface area contributed by atoms with E-state index in [-0.39, 0.29) is 17.9 Å². The first kappa shape index (κ1) is 19.6. The van der Waals surface area contributed by atoms with Crippen LogP contribution in [0.15, 0.2) is 36.9 Å². The van der Waals surface area contributed by atoms with E-state index in [2.05, 4.69) is 39.0 Å². The monoisotopic (exact) mass is 396 g/mol. The van der Waals surface area contributed by atoms with Crippen LogP contribution < -0.4 is 5.32 Å². The third kappa shape index (κ3) is 4.04. The van der Waals surface area contributed by atoms with Crippen LogP contribution in [0.2, 0.25) is 0 Å². The minimum absolute atomic E-state index is 0.0169. The van der Waals surface area contributed by atoms with Gasteiger partial charge in [-0.3, -0.25) is 9.48 Å². The summed E-state index contributed by atoms with van der Waals surface area (Å²) in [5, 5.41) is 7.86. The number of carbonyl (C=O) groups is 1.